The molecule has 0 aliphatic carbocycles. The number of ether oxygens (including phenoxy) is 2. The Labute approximate surface area is 178 Å². The van der Waals surface area contributed by atoms with Gasteiger partial charge >= 0.3 is 179 Å². The molecule has 1 aromatic carbocycles. The van der Waals surface area contributed by atoms with Crippen molar-refractivity contribution < 1.29 is 9.47 Å². The number of unbranched alkanes of at least 4 members (excludes halogenated alkanes) is 3. The van der Waals surface area contributed by atoms with Crippen LogP contribution < -0.4 is 0 Å². The van der Waals surface area contributed by atoms with Gasteiger partial charge < -0.3 is 0 Å². The SMILES string of the molecule is CCC[CH2][Sn]([CH2]CCC)([CH2]CCC)/[C](=C\C=C/c1ccccc1)COCOC. The summed E-state index contributed by atoms with van der Waals surface area (Å²) in [7, 11) is 1.71. The van der Waals surface area contributed by atoms with Gasteiger partial charge in [0.15, 0.2) is 0 Å². The van der Waals surface area contributed by atoms with Gasteiger partial charge in [-0.3, -0.25) is 0 Å². The van der Waals surface area contributed by atoms with Crippen LogP contribution in [0.3, 0.4) is 0 Å². The zero-order chi connectivity index (χ0) is 20.5. The predicted molar refractivity (Wildman–Crippen MR) is 126 cm³/mol. The fourth-order valence-electron chi connectivity index (χ4n) is 3.85. The summed E-state index contributed by atoms with van der Waals surface area (Å²) in [5.74, 6) is 0. The van der Waals surface area contributed by atoms with Crippen molar-refractivity contribution in [1.82, 2.24) is 0 Å². The van der Waals surface area contributed by atoms with Crippen LogP contribution in [0.15, 0.2) is 46.1 Å². The minimum absolute atomic E-state index is 0.386. The Morgan fingerprint density at radius 3 is 1.96 bits per heavy atom. The molecule has 0 N–H and O–H groups in total. The van der Waals surface area contributed by atoms with Crippen LogP contribution in [0.25, 0.3) is 6.08 Å². The normalized spacial score (nSPS) is 12.8. The average Bonchev–Trinajstić information content (AvgIpc) is 2.73. The summed E-state index contributed by atoms with van der Waals surface area (Å²) in [6.45, 7) is 8.13. The second-order valence-corrected chi connectivity index (χ2v) is 21.2. The summed E-state index contributed by atoms with van der Waals surface area (Å²) in [6, 6.07) is 10.6. The van der Waals surface area contributed by atoms with Crippen LogP contribution in [-0.2, 0) is 9.47 Å². The molecule has 1 aromatic rings. The molecule has 0 amide bonds. The van der Waals surface area contributed by atoms with E-state index < -0.39 is 18.4 Å². The van der Waals surface area contributed by atoms with E-state index in [1.165, 1.54) is 57.4 Å². The van der Waals surface area contributed by atoms with E-state index in [0.717, 1.165) is 6.61 Å². The van der Waals surface area contributed by atoms with Crippen LogP contribution in [0.2, 0.25) is 13.3 Å². The van der Waals surface area contributed by atoms with Gasteiger partial charge in [0.2, 0.25) is 0 Å². The first-order chi connectivity index (χ1) is 13.7. The van der Waals surface area contributed by atoms with E-state index in [1.807, 2.05) is 0 Å². The molecule has 0 heterocycles. The van der Waals surface area contributed by atoms with Gasteiger partial charge in [-0.1, -0.05) is 0 Å². The number of allylic oxidation sites excluding steroid dienone is 2. The van der Waals surface area contributed by atoms with Gasteiger partial charge in [0.05, 0.1) is 0 Å². The van der Waals surface area contributed by atoms with Gasteiger partial charge in [0.25, 0.3) is 0 Å². The summed E-state index contributed by atoms with van der Waals surface area (Å²) in [6.07, 6.45) is 14.9. The number of methoxy groups -OCH3 is 1. The molecular weight excluding hydrogens is 451 g/mol. The van der Waals surface area contributed by atoms with E-state index in [-0.39, 0.29) is 0 Å². The maximum absolute atomic E-state index is 5.92. The molecule has 158 valence electrons. The molecule has 0 atom stereocenters. The van der Waals surface area contributed by atoms with Gasteiger partial charge in [0, 0.05) is 0 Å². The summed E-state index contributed by atoms with van der Waals surface area (Å²) in [4.78, 5) is 0. The van der Waals surface area contributed by atoms with Crippen molar-refractivity contribution in [2.75, 3.05) is 20.5 Å². The Morgan fingerprint density at radius 1 is 0.893 bits per heavy atom. The Bertz CT molecular complexity index is 529. The Balaban J connectivity index is 3.16. The molecule has 0 aromatic heterocycles. The van der Waals surface area contributed by atoms with Crippen molar-refractivity contribution in [3.05, 3.63) is 51.6 Å². The van der Waals surface area contributed by atoms with Gasteiger partial charge in [-0.05, 0) is 0 Å². The third-order valence-electron chi connectivity index (χ3n) is 5.55. The van der Waals surface area contributed by atoms with E-state index in [0.29, 0.717) is 6.79 Å². The standard InChI is InChI=1S/C13H15O2.3C4H9.Sn/c1-14-12-15-11-7-3-6-10-13-8-4-2-5-9-13;3*1-3-4-2;/h2-6,8-10H,11-12H2,1H3;3*1,3-4H2,2H3;/b7-3?,10-6-;;;;. The molecule has 0 aliphatic rings. The van der Waals surface area contributed by atoms with Crippen LogP contribution in [0.5, 0.6) is 0 Å². The molecule has 0 aliphatic heterocycles. The molecule has 0 saturated heterocycles. The molecule has 0 saturated carbocycles. The van der Waals surface area contributed by atoms with Crippen LogP contribution in [0.1, 0.15) is 64.9 Å². The Hall–Kier alpha value is -0.581. The van der Waals surface area contributed by atoms with E-state index in [1.54, 1.807) is 10.7 Å². The predicted octanol–water partition coefficient (Wildman–Crippen LogP) is 7.64. The van der Waals surface area contributed by atoms with Crippen molar-refractivity contribution in [2.45, 2.75) is 72.6 Å². The molecule has 0 fully saturated rings. The zero-order valence-electron chi connectivity index (χ0n) is 18.7. The topological polar surface area (TPSA) is 18.5 Å². The first-order valence-electron chi connectivity index (χ1n) is 11.2. The first-order valence-corrected chi connectivity index (χ1v) is 18.7. The van der Waals surface area contributed by atoms with Crippen molar-refractivity contribution in [2.24, 2.45) is 0 Å². The van der Waals surface area contributed by atoms with E-state index in [4.69, 9.17) is 9.47 Å². The second kappa shape index (κ2) is 16.2. The first kappa shape index (κ1) is 25.5. The Kier molecular flexibility index (Phi) is 14.8. The third-order valence-corrected chi connectivity index (χ3v) is 21.6. The van der Waals surface area contributed by atoms with Gasteiger partial charge in [-0.15, -0.1) is 0 Å². The van der Waals surface area contributed by atoms with Gasteiger partial charge in [-0.25, -0.2) is 0 Å². The van der Waals surface area contributed by atoms with Crippen LogP contribution in [0, 0.1) is 0 Å². The van der Waals surface area contributed by atoms with E-state index in [2.05, 4.69) is 69.3 Å². The zero-order valence-corrected chi connectivity index (χ0v) is 21.6. The second-order valence-electron chi connectivity index (χ2n) is 7.81. The molecule has 0 bridgehead atoms. The monoisotopic (exact) mass is 494 g/mol. The van der Waals surface area contributed by atoms with Crippen molar-refractivity contribution in [3.63, 3.8) is 0 Å². The Morgan fingerprint density at radius 2 is 1.46 bits per heavy atom. The van der Waals surface area contributed by atoms with E-state index in [9.17, 15) is 0 Å². The molecule has 0 radical (unpaired) electrons. The molecule has 0 spiro atoms. The number of benzene rings is 1. The van der Waals surface area contributed by atoms with Gasteiger partial charge in [-0.2, -0.15) is 0 Å². The van der Waals surface area contributed by atoms with Crippen molar-refractivity contribution >= 4 is 24.5 Å². The van der Waals surface area contributed by atoms with Crippen LogP contribution in [-0.4, -0.2) is 38.9 Å². The fourth-order valence-corrected chi connectivity index (χ4v) is 20.0. The quantitative estimate of drug-likeness (QED) is 0.102. The molecular formula is C25H42O2Sn. The van der Waals surface area contributed by atoms with Crippen LogP contribution >= 0.6 is 0 Å². The minimum atomic E-state index is -2.47. The van der Waals surface area contributed by atoms with Crippen molar-refractivity contribution in [1.29, 1.82) is 0 Å². The number of hydrogen-bond acceptors (Lipinski definition) is 2. The summed E-state index contributed by atoms with van der Waals surface area (Å²) in [5.41, 5.74) is 1.26. The number of rotatable bonds is 16. The molecule has 3 heteroatoms. The molecule has 1 rings (SSSR count). The summed E-state index contributed by atoms with van der Waals surface area (Å²) < 4.78 is 17.1. The fraction of sp³-hybridized carbons (Fsp3) is 0.600. The van der Waals surface area contributed by atoms with Crippen molar-refractivity contribution in [3.8, 4) is 0 Å². The third kappa shape index (κ3) is 9.75. The van der Waals surface area contributed by atoms with Crippen LogP contribution in [0.4, 0.5) is 0 Å². The summed E-state index contributed by atoms with van der Waals surface area (Å²) >= 11 is -2.47. The molecule has 2 nitrogen and oxygen atoms in total. The maximum atomic E-state index is 5.92. The molecule has 28 heavy (non-hydrogen) atoms. The average molecular weight is 493 g/mol. The van der Waals surface area contributed by atoms with Gasteiger partial charge in [0.1, 0.15) is 0 Å². The van der Waals surface area contributed by atoms with E-state index >= 15 is 0 Å². The summed E-state index contributed by atoms with van der Waals surface area (Å²) in [5, 5.41) is 0. The number of hydrogen-bond donors (Lipinski definition) is 0. The molecule has 0 unspecified atom stereocenters.